The number of carbonyl (C=O) groups excluding carboxylic acids is 2. The van der Waals surface area contributed by atoms with E-state index in [-0.39, 0.29) is 0 Å². The van der Waals surface area contributed by atoms with Crippen LogP contribution in [0.25, 0.3) is 0 Å². The smallest absolute Gasteiger partial charge is 0.326 e. The average molecular weight is 257 g/mol. The third-order valence-corrected chi connectivity index (χ3v) is 2.15. The van der Waals surface area contributed by atoms with Gasteiger partial charge in [-0.1, -0.05) is 15.9 Å². The molecule has 5 heteroatoms. The summed E-state index contributed by atoms with van der Waals surface area (Å²) in [7, 11) is 0. The molecule has 0 aromatic heterocycles. The van der Waals surface area contributed by atoms with E-state index in [4.69, 9.17) is 5.73 Å². The molecular weight excluding hydrogens is 248 g/mol. The predicted molar refractivity (Wildman–Crippen MR) is 56.9 cm³/mol. The van der Waals surface area contributed by atoms with Gasteiger partial charge in [0.25, 0.3) is 0 Å². The molecule has 0 radical (unpaired) electrons. The highest BCUT2D eigenvalue weighted by molar-refractivity contribution is 9.10. The van der Waals surface area contributed by atoms with Gasteiger partial charge in [-0.2, -0.15) is 0 Å². The number of benzene rings is 1. The Morgan fingerprint density at radius 1 is 1.29 bits per heavy atom. The number of carbonyl (C=O) groups is 2. The van der Waals surface area contributed by atoms with Gasteiger partial charge >= 0.3 is 6.03 Å². The summed E-state index contributed by atoms with van der Waals surface area (Å²) in [5.41, 5.74) is 5.53. The van der Waals surface area contributed by atoms with Crippen molar-refractivity contribution in [3.05, 3.63) is 28.7 Å². The summed E-state index contributed by atoms with van der Waals surface area (Å²) in [6, 6.07) is 5.95. The minimum absolute atomic E-state index is 0.403. The van der Waals surface area contributed by atoms with Crippen LogP contribution in [0.2, 0.25) is 0 Å². The van der Waals surface area contributed by atoms with E-state index in [0.717, 1.165) is 9.37 Å². The quantitative estimate of drug-likeness (QED) is 0.834. The Labute approximate surface area is 89.8 Å². The number of rotatable bonds is 1. The van der Waals surface area contributed by atoms with Crippen LogP contribution >= 0.6 is 15.9 Å². The second-order valence-electron chi connectivity index (χ2n) is 2.67. The first kappa shape index (κ1) is 10.7. The van der Waals surface area contributed by atoms with Crippen LogP contribution in [0.15, 0.2) is 28.7 Å². The third-order valence-electron chi connectivity index (χ3n) is 1.62. The van der Waals surface area contributed by atoms with Crippen molar-refractivity contribution in [3.8, 4) is 0 Å². The summed E-state index contributed by atoms with van der Waals surface area (Å²) in [5.74, 6) is -0.403. The van der Waals surface area contributed by atoms with Gasteiger partial charge < -0.3 is 5.73 Å². The van der Waals surface area contributed by atoms with Gasteiger partial charge in [-0.3, -0.25) is 4.79 Å². The number of urea groups is 1. The summed E-state index contributed by atoms with van der Waals surface area (Å²) in [6.45, 7) is 1.28. The lowest BCUT2D eigenvalue weighted by Gasteiger charge is -2.16. The normalized spacial score (nSPS) is 9.57. The number of anilines is 1. The van der Waals surface area contributed by atoms with Crippen LogP contribution in [0.5, 0.6) is 0 Å². The zero-order chi connectivity index (χ0) is 10.7. The summed E-state index contributed by atoms with van der Waals surface area (Å²) in [4.78, 5) is 22.9. The molecule has 4 nitrogen and oxygen atoms in total. The van der Waals surface area contributed by atoms with Crippen LogP contribution in [-0.2, 0) is 4.79 Å². The van der Waals surface area contributed by atoms with Crippen LogP contribution < -0.4 is 10.6 Å². The summed E-state index contributed by atoms with van der Waals surface area (Å²) < 4.78 is 0.870. The molecule has 0 bridgehead atoms. The molecule has 3 amide bonds. The second-order valence-corrected chi connectivity index (χ2v) is 3.58. The van der Waals surface area contributed by atoms with Crippen molar-refractivity contribution in [2.75, 3.05) is 4.90 Å². The van der Waals surface area contributed by atoms with E-state index in [9.17, 15) is 9.59 Å². The maximum Gasteiger partial charge on any atom is 0.326 e. The Bertz CT molecular complexity index is 348. The first-order valence-electron chi connectivity index (χ1n) is 3.88. The van der Waals surface area contributed by atoms with Gasteiger partial charge in [-0.15, -0.1) is 0 Å². The minimum atomic E-state index is -0.778. The van der Waals surface area contributed by atoms with Crippen molar-refractivity contribution < 1.29 is 9.59 Å². The second kappa shape index (κ2) is 4.23. The molecule has 1 aromatic carbocycles. The number of amides is 3. The monoisotopic (exact) mass is 256 g/mol. The van der Waals surface area contributed by atoms with Crippen molar-refractivity contribution in [1.82, 2.24) is 0 Å². The van der Waals surface area contributed by atoms with Crippen molar-refractivity contribution in [2.24, 2.45) is 5.73 Å². The maximum atomic E-state index is 11.1. The maximum absolute atomic E-state index is 11.1. The van der Waals surface area contributed by atoms with Gasteiger partial charge in [0.1, 0.15) is 0 Å². The molecule has 1 aromatic rings. The third kappa shape index (κ3) is 2.32. The number of primary amides is 1. The lowest BCUT2D eigenvalue weighted by molar-refractivity contribution is -0.115. The first-order chi connectivity index (χ1) is 6.52. The molecular formula is C9H9BrN2O2. The van der Waals surface area contributed by atoms with E-state index in [2.05, 4.69) is 15.9 Å². The van der Waals surface area contributed by atoms with Gasteiger partial charge in [0.05, 0.1) is 5.69 Å². The number of halogens is 1. The Kier molecular flexibility index (Phi) is 3.24. The van der Waals surface area contributed by atoms with Crippen LogP contribution in [0.3, 0.4) is 0 Å². The van der Waals surface area contributed by atoms with Crippen molar-refractivity contribution in [3.63, 3.8) is 0 Å². The van der Waals surface area contributed by atoms with Crippen molar-refractivity contribution >= 4 is 33.6 Å². The van der Waals surface area contributed by atoms with Gasteiger partial charge in [-0.25, -0.2) is 9.69 Å². The lowest BCUT2D eigenvalue weighted by Crippen LogP contribution is -2.39. The topological polar surface area (TPSA) is 63.4 Å². The number of nitrogens with two attached hydrogens (primary N) is 1. The fourth-order valence-electron chi connectivity index (χ4n) is 1.05. The van der Waals surface area contributed by atoms with Crippen LogP contribution in [0, 0.1) is 0 Å². The summed E-state index contributed by atoms with van der Waals surface area (Å²) in [6.07, 6.45) is 0. The van der Waals surface area contributed by atoms with E-state index < -0.39 is 11.9 Å². The average Bonchev–Trinajstić information content (AvgIpc) is 2.07. The largest absolute Gasteiger partial charge is 0.351 e. The molecule has 0 spiro atoms. The van der Waals surface area contributed by atoms with Crippen molar-refractivity contribution in [2.45, 2.75) is 6.92 Å². The molecule has 14 heavy (non-hydrogen) atoms. The van der Waals surface area contributed by atoms with E-state index in [0.29, 0.717) is 5.69 Å². The SMILES string of the molecule is CC(=O)N(C(N)=O)c1ccc(Br)cc1. The Morgan fingerprint density at radius 3 is 2.14 bits per heavy atom. The fourth-order valence-corrected chi connectivity index (χ4v) is 1.32. The standard InChI is InChI=1S/C9H9BrN2O2/c1-6(13)12(9(11)14)8-4-2-7(10)3-5-8/h2-5H,1H3,(H2,11,14). The molecule has 0 saturated heterocycles. The molecule has 0 fully saturated rings. The van der Waals surface area contributed by atoms with Crippen LogP contribution in [0.1, 0.15) is 6.92 Å². The zero-order valence-electron chi connectivity index (χ0n) is 7.53. The Balaban J connectivity index is 3.06. The van der Waals surface area contributed by atoms with E-state index in [1.165, 1.54) is 6.92 Å². The number of hydrogen-bond donors (Lipinski definition) is 1. The van der Waals surface area contributed by atoms with Gasteiger partial charge in [-0.05, 0) is 24.3 Å². The molecule has 0 unspecified atom stereocenters. The Morgan fingerprint density at radius 2 is 1.79 bits per heavy atom. The summed E-state index contributed by atoms with van der Waals surface area (Å²) >= 11 is 3.25. The molecule has 0 aliphatic heterocycles. The molecule has 1 rings (SSSR count). The van der Waals surface area contributed by atoms with Gasteiger partial charge in [0, 0.05) is 11.4 Å². The van der Waals surface area contributed by atoms with E-state index >= 15 is 0 Å². The Hall–Kier alpha value is -1.36. The molecule has 0 aliphatic rings. The van der Waals surface area contributed by atoms with Gasteiger partial charge in [0.15, 0.2) is 0 Å². The molecule has 0 heterocycles. The highest BCUT2D eigenvalue weighted by atomic mass is 79.9. The van der Waals surface area contributed by atoms with Crippen molar-refractivity contribution in [1.29, 1.82) is 0 Å². The number of nitrogens with zero attached hydrogens (tertiary/aromatic N) is 1. The highest BCUT2D eigenvalue weighted by Gasteiger charge is 2.16. The predicted octanol–water partition coefficient (Wildman–Crippen LogP) is 1.88. The molecule has 2 N–H and O–H groups in total. The van der Waals surface area contributed by atoms with Crippen LogP contribution in [-0.4, -0.2) is 11.9 Å². The molecule has 0 aliphatic carbocycles. The minimum Gasteiger partial charge on any atom is -0.351 e. The zero-order valence-corrected chi connectivity index (χ0v) is 9.11. The number of imide groups is 1. The first-order valence-corrected chi connectivity index (χ1v) is 4.67. The molecule has 74 valence electrons. The van der Waals surface area contributed by atoms with Crippen LogP contribution in [0.4, 0.5) is 10.5 Å². The van der Waals surface area contributed by atoms with Gasteiger partial charge in [0.2, 0.25) is 5.91 Å². The molecule has 0 saturated carbocycles. The summed E-state index contributed by atoms with van der Waals surface area (Å²) in [5, 5.41) is 0. The van der Waals surface area contributed by atoms with E-state index in [1.807, 2.05) is 0 Å². The number of hydrogen-bond acceptors (Lipinski definition) is 2. The highest BCUT2D eigenvalue weighted by Crippen LogP contribution is 2.18. The van der Waals surface area contributed by atoms with E-state index in [1.54, 1.807) is 24.3 Å². The molecule has 0 atom stereocenters. The fraction of sp³-hybridized carbons (Fsp3) is 0.111. The lowest BCUT2D eigenvalue weighted by atomic mass is 10.3.